The summed E-state index contributed by atoms with van der Waals surface area (Å²) in [4.78, 5) is 16.0. The van der Waals surface area contributed by atoms with Gasteiger partial charge in [0, 0.05) is 17.2 Å². The van der Waals surface area contributed by atoms with E-state index >= 15 is 0 Å². The van der Waals surface area contributed by atoms with Crippen molar-refractivity contribution in [2.75, 3.05) is 7.11 Å². The molecule has 3 rings (SSSR count). The molecule has 0 unspecified atom stereocenters. The van der Waals surface area contributed by atoms with Gasteiger partial charge >= 0.3 is 5.97 Å². The zero-order valence-corrected chi connectivity index (χ0v) is 12.2. The highest BCUT2D eigenvalue weighted by Crippen LogP contribution is 2.26. The molecule has 0 aliphatic heterocycles. The zero-order chi connectivity index (χ0) is 14.8. The van der Waals surface area contributed by atoms with Gasteiger partial charge in [-0.1, -0.05) is 24.3 Å². The van der Waals surface area contributed by atoms with Gasteiger partial charge in [-0.15, -0.1) is 0 Å². The van der Waals surface area contributed by atoms with Crippen LogP contribution in [0.25, 0.3) is 21.8 Å². The number of carbonyl (C=O) groups excluding carboxylic acids is 1. The van der Waals surface area contributed by atoms with Gasteiger partial charge in [-0.25, -0.2) is 4.98 Å². The average molecular weight is 279 g/mol. The average Bonchev–Trinajstić information content (AvgIpc) is 2.53. The largest absolute Gasteiger partial charge is 0.469 e. The van der Waals surface area contributed by atoms with E-state index in [-0.39, 0.29) is 5.97 Å². The molecule has 3 heteroatoms. The van der Waals surface area contributed by atoms with Crippen LogP contribution in [-0.4, -0.2) is 18.1 Å². The van der Waals surface area contributed by atoms with Crippen LogP contribution in [0, 0.1) is 6.92 Å². The number of aromatic nitrogens is 1. The Labute approximate surface area is 123 Å². The van der Waals surface area contributed by atoms with E-state index in [0.29, 0.717) is 12.8 Å². The zero-order valence-electron chi connectivity index (χ0n) is 12.2. The second-order valence-corrected chi connectivity index (χ2v) is 5.18. The van der Waals surface area contributed by atoms with Crippen LogP contribution >= 0.6 is 0 Å². The van der Waals surface area contributed by atoms with Gasteiger partial charge in [-0.05, 0) is 42.7 Å². The summed E-state index contributed by atoms with van der Waals surface area (Å²) in [5, 5.41) is 2.33. The Morgan fingerprint density at radius 3 is 2.67 bits per heavy atom. The number of pyridine rings is 1. The van der Waals surface area contributed by atoms with Crippen LogP contribution in [0.3, 0.4) is 0 Å². The Balaban J connectivity index is 2.06. The lowest BCUT2D eigenvalue weighted by molar-refractivity contribution is -0.140. The van der Waals surface area contributed by atoms with E-state index in [1.54, 1.807) is 0 Å². The van der Waals surface area contributed by atoms with Crippen molar-refractivity contribution in [3.8, 4) is 0 Å². The molecule has 0 fully saturated rings. The first-order valence-corrected chi connectivity index (χ1v) is 7.04. The summed E-state index contributed by atoms with van der Waals surface area (Å²) >= 11 is 0. The predicted molar refractivity (Wildman–Crippen MR) is 84.3 cm³/mol. The van der Waals surface area contributed by atoms with Gasteiger partial charge in [-0.3, -0.25) is 4.79 Å². The monoisotopic (exact) mass is 279 g/mol. The molecule has 3 nitrogen and oxygen atoms in total. The van der Waals surface area contributed by atoms with Crippen molar-refractivity contribution in [1.82, 2.24) is 4.98 Å². The van der Waals surface area contributed by atoms with Crippen molar-refractivity contribution < 1.29 is 9.53 Å². The van der Waals surface area contributed by atoms with Gasteiger partial charge in [0.05, 0.1) is 18.1 Å². The normalized spacial score (nSPS) is 11.0. The fraction of sp³-hybridized carbons (Fsp3) is 0.222. The number of esters is 1. The van der Waals surface area contributed by atoms with Crippen molar-refractivity contribution in [2.45, 2.75) is 19.8 Å². The Morgan fingerprint density at radius 1 is 1.10 bits per heavy atom. The third-order valence-corrected chi connectivity index (χ3v) is 3.86. The van der Waals surface area contributed by atoms with Crippen LogP contribution < -0.4 is 0 Å². The summed E-state index contributed by atoms with van der Waals surface area (Å²) in [5.41, 5.74) is 4.38. The molecule has 0 bridgehead atoms. The number of benzene rings is 2. The smallest absolute Gasteiger partial charge is 0.305 e. The molecule has 1 aromatic heterocycles. The molecule has 0 amide bonds. The number of ether oxygens (including phenoxy) is 1. The van der Waals surface area contributed by atoms with Crippen molar-refractivity contribution in [3.63, 3.8) is 0 Å². The molecule has 1 heterocycles. The predicted octanol–water partition coefficient (Wildman–Crippen LogP) is 3.80. The minimum Gasteiger partial charge on any atom is -0.469 e. The maximum absolute atomic E-state index is 11.3. The number of aryl methyl sites for hydroxylation is 2. The second-order valence-electron chi connectivity index (χ2n) is 5.18. The molecule has 3 aromatic rings. The highest BCUT2D eigenvalue weighted by atomic mass is 16.5. The minimum atomic E-state index is -0.177. The summed E-state index contributed by atoms with van der Waals surface area (Å²) in [6.45, 7) is 2.12. The second kappa shape index (κ2) is 5.52. The highest BCUT2D eigenvalue weighted by Gasteiger charge is 2.07. The third-order valence-electron chi connectivity index (χ3n) is 3.86. The first-order chi connectivity index (χ1) is 10.2. The number of hydrogen-bond acceptors (Lipinski definition) is 3. The maximum atomic E-state index is 11.3. The van der Waals surface area contributed by atoms with Crippen LogP contribution in [0.2, 0.25) is 0 Å². The molecule has 21 heavy (non-hydrogen) atoms. The minimum absolute atomic E-state index is 0.177. The molecule has 106 valence electrons. The lowest BCUT2D eigenvalue weighted by Gasteiger charge is -2.08. The first kappa shape index (κ1) is 13.6. The molecule has 0 radical (unpaired) electrons. The van der Waals surface area contributed by atoms with Crippen LogP contribution in [-0.2, 0) is 16.0 Å². The molecule has 0 aliphatic carbocycles. The molecule has 0 spiro atoms. The molecule has 0 atom stereocenters. The molecule has 2 aromatic carbocycles. The van der Waals surface area contributed by atoms with Crippen LogP contribution in [0.15, 0.2) is 42.5 Å². The van der Waals surface area contributed by atoms with Gasteiger partial charge in [-0.2, -0.15) is 0 Å². The van der Waals surface area contributed by atoms with E-state index in [4.69, 9.17) is 4.98 Å². The van der Waals surface area contributed by atoms with Crippen molar-refractivity contribution >= 4 is 27.8 Å². The summed E-state index contributed by atoms with van der Waals surface area (Å²) in [7, 11) is 1.42. The molecule has 0 aliphatic rings. The topological polar surface area (TPSA) is 39.2 Å². The van der Waals surface area contributed by atoms with Gasteiger partial charge < -0.3 is 4.74 Å². The molecular weight excluding hydrogens is 262 g/mol. The number of para-hydroxylation sites is 1. The molecule has 0 saturated heterocycles. The molecular formula is C18H17NO2. The van der Waals surface area contributed by atoms with E-state index < -0.39 is 0 Å². The van der Waals surface area contributed by atoms with Crippen LogP contribution in [0.4, 0.5) is 0 Å². The molecule has 0 saturated carbocycles. The number of hydrogen-bond donors (Lipinski definition) is 0. The first-order valence-electron chi connectivity index (χ1n) is 7.04. The lowest BCUT2D eigenvalue weighted by atomic mass is 10.0. The van der Waals surface area contributed by atoms with E-state index in [9.17, 15) is 4.79 Å². The SMILES string of the molecule is COC(=O)CCc1ccc2nc3ccccc3c(C)c2c1. The standard InChI is InChI=1S/C18H17NO2/c1-12-14-5-3-4-6-16(14)19-17-9-7-13(11-15(12)17)8-10-18(20)21-2/h3-7,9,11H,8,10H2,1-2H3. The van der Waals surface area contributed by atoms with E-state index in [2.05, 4.69) is 23.8 Å². The van der Waals surface area contributed by atoms with Gasteiger partial charge in [0.15, 0.2) is 0 Å². The number of fused-ring (bicyclic) bond motifs is 2. The Hall–Kier alpha value is -2.42. The lowest BCUT2D eigenvalue weighted by Crippen LogP contribution is -2.02. The van der Waals surface area contributed by atoms with Gasteiger partial charge in [0.25, 0.3) is 0 Å². The third kappa shape index (κ3) is 2.59. The van der Waals surface area contributed by atoms with E-state index in [0.717, 1.165) is 22.0 Å². The van der Waals surface area contributed by atoms with Crippen LogP contribution in [0.5, 0.6) is 0 Å². The molecule has 0 N–H and O–H groups in total. The quantitative estimate of drug-likeness (QED) is 0.540. The maximum Gasteiger partial charge on any atom is 0.305 e. The summed E-state index contributed by atoms with van der Waals surface area (Å²) in [5.74, 6) is -0.177. The highest BCUT2D eigenvalue weighted by molar-refractivity contribution is 5.97. The fourth-order valence-corrected chi connectivity index (χ4v) is 2.65. The Morgan fingerprint density at radius 2 is 1.86 bits per heavy atom. The summed E-state index contributed by atoms with van der Waals surface area (Å²) < 4.78 is 4.69. The van der Waals surface area contributed by atoms with Crippen molar-refractivity contribution in [2.24, 2.45) is 0 Å². The fourth-order valence-electron chi connectivity index (χ4n) is 2.65. The number of nitrogens with zero attached hydrogens (tertiary/aromatic N) is 1. The number of rotatable bonds is 3. The van der Waals surface area contributed by atoms with Crippen molar-refractivity contribution in [1.29, 1.82) is 0 Å². The van der Waals surface area contributed by atoms with Gasteiger partial charge in [0.2, 0.25) is 0 Å². The number of methoxy groups -OCH3 is 1. The summed E-state index contributed by atoms with van der Waals surface area (Å²) in [6, 6.07) is 14.4. The Bertz CT molecular complexity index is 824. The van der Waals surface area contributed by atoms with E-state index in [1.807, 2.05) is 30.3 Å². The summed E-state index contributed by atoms with van der Waals surface area (Å²) in [6.07, 6.45) is 1.09. The van der Waals surface area contributed by atoms with E-state index in [1.165, 1.54) is 18.1 Å². The van der Waals surface area contributed by atoms with Crippen LogP contribution in [0.1, 0.15) is 17.5 Å². The number of carbonyl (C=O) groups is 1. The van der Waals surface area contributed by atoms with Crippen molar-refractivity contribution in [3.05, 3.63) is 53.6 Å². The Kier molecular flexibility index (Phi) is 3.57. The van der Waals surface area contributed by atoms with Gasteiger partial charge in [0.1, 0.15) is 0 Å².